The Balaban J connectivity index is 1.96. The zero-order valence-electron chi connectivity index (χ0n) is 12.8. The van der Waals surface area contributed by atoms with Crippen LogP contribution in [0.3, 0.4) is 0 Å². The highest BCUT2D eigenvalue weighted by molar-refractivity contribution is 7.75. The Labute approximate surface area is 159 Å². The lowest BCUT2D eigenvalue weighted by Crippen LogP contribution is -2.04. The molecule has 12 heteroatoms. The maximum Gasteiger partial charge on any atom is 0.305 e. The molecule has 138 valence electrons. The van der Waals surface area contributed by atoms with Crippen LogP contribution in [0.1, 0.15) is 11.1 Å². The summed E-state index contributed by atoms with van der Waals surface area (Å²) in [4.78, 5) is 20.3. The molecule has 0 aliphatic rings. The van der Waals surface area contributed by atoms with Crippen molar-refractivity contribution in [3.8, 4) is 0 Å². The molecular formula is C14H10Cl2N2O7S. The third-order valence-corrected chi connectivity index (χ3v) is 4.46. The minimum absolute atomic E-state index is 0.192. The Morgan fingerprint density at radius 1 is 0.846 bits per heavy atom. The van der Waals surface area contributed by atoms with E-state index in [1.54, 1.807) is 0 Å². The van der Waals surface area contributed by atoms with Crippen LogP contribution in [0.4, 0.5) is 11.4 Å². The second kappa shape index (κ2) is 9.01. The van der Waals surface area contributed by atoms with Crippen LogP contribution in [0.25, 0.3) is 0 Å². The fraction of sp³-hybridized carbons (Fsp3) is 0.143. The normalized spacial score (nSPS) is 10.9. The lowest BCUT2D eigenvalue weighted by atomic mass is 10.2. The fourth-order valence-corrected chi connectivity index (χ4v) is 2.69. The molecule has 0 unspecified atom stereocenters. The predicted molar refractivity (Wildman–Crippen MR) is 93.9 cm³/mol. The average molecular weight is 421 g/mol. The molecule has 2 rings (SSSR count). The summed E-state index contributed by atoms with van der Waals surface area (Å²) in [6, 6.07) is 7.48. The van der Waals surface area contributed by atoms with E-state index in [0.29, 0.717) is 0 Å². The number of hydrogen-bond acceptors (Lipinski definition) is 7. The summed E-state index contributed by atoms with van der Waals surface area (Å²) in [7, 11) is 0. The topological polar surface area (TPSA) is 122 Å². The van der Waals surface area contributed by atoms with Gasteiger partial charge in [0.05, 0.1) is 23.1 Å². The summed E-state index contributed by atoms with van der Waals surface area (Å²) in [5.41, 5.74) is 0.128. The second-order valence-electron chi connectivity index (χ2n) is 4.79. The van der Waals surface area contributed by atoms with E-state index >= 15 is 0 Å². The number of nitro groups is 2. The van der Waals surface area contributed by atoms with Crippen molar-refractivity contribution in [3.63, 3.8) is 0 Å². The lowest BCUT2D eigenvalue weighted by Gasteiger charge is -2.07. The molecule has 0 heterocycles. The van der Waals surface area contributed by atoms with Crippen molar-refractivity contribution in [2.75, 3.05) is 0 Å². The molecule has 0 atom stereocenters. The van der Waals surface area contributed by atoms with Gasteiger partial charge in [-0.1, -0.05) is 23.2 Å². The minimum atomic E-state index is -2.23. The van der Waals surface area contributed by atoms with Gasteiger partial charge in [-0.25, -0.2) is 0 Å². The van der Waals surface area contributed by atoms with Crippen LogP contribution in [0.5, 0.6) is 0 Å². The zero-order chi connectivity index (χ0) is 19.3. The first kappa shape index (κ1) is 20.2. The first-order valence-corrected chi connectivity index (χ1v) is 8.57. The molecule has 0 radical (unpaired) electrons. The minimum Gasteiger partial charge on any atom is -0.264 e. The number of hydrogen-bond donors (Lipinski definition) is 0. The van der Waals surface area contributed by atoms with Crippen molar-refractivity contribution in [2.45, 2.75) is 13.2 Å². The maximum atomic E-state index is 11.8. The van der Waals surface area contributed by atoms with Crippen molar-refractivity contribution in [3.05, 3.63) is 77.8 Å². The summed E-state index contributed by atoms with van der Waals surface area (Å²) in [6.07, 6.45) is 0. The molecular weight excluding hydrogens is 411 g/mol. The van der Waals surface area contributed by atoms with Gasteiger partial charge >= 0.3 is 11.4 Å². The van der Waals surface area contributed by atoms with Crippen LogP contribution >= 0.6 is 23.2 Å². The summed E-state index contributed by atoms with van der Waals surface area (Å²) >= 11 is 9.57. The maximum absolute atomic E-state index is 11.8. The van der Waals surface area contributed by atoms with E-state index in [2.05, 4.69) is 0 Å². The lowest BCUT2D eigenvalue weighted by molar-refractivity contribution is -0.385. The highest BCUT2D eigenvalue weighted by atomic mass is 35.5. The summed E-state index contributed by atoms with van der Waals surface area (Å²) in [5.74, 6) is 0. The van der Waals surface area contributed by atoms with Gasteiger partial charge in [-0.05, 0) is 12.1 Å². The number of benzene rings is 2. The van der Waals surface area contributed by atoms with E-state index in [1.165, 1.54) is 36.4 Å². The SMILES string of the molecule is O=[N+]([O-])c1ccc(Cl)c(COS(=O)OCc2cc([N+](=O)[O-])ccc2Cl)c1. The van der Waals surface area contributed by atoms with E-state index in [-0.39, 0.29) is 45.8 Å². The van der Waals surface area contributed by atoms with Gasteiger partial charge in [-0.3, -0.25) is 28.6 Å². The molecule has 9 nitrogen and oxygen atoms in total. The molecule has 0 spiro atoms. The van der Waals surface area contributed by atoms with Gasteiger partial charge in [-0.2, -0.15) is 4.21 Å². The monoisotopic (exact) mass is 420 g/mol. The van der Waals surface area contributed by atoms with Gasteiger partial charge in [0.2, 0.25) is 0 Å². The fourth-order valence-electron chi connectivity index (χ4n) is 1.83. The van der Waals surface area contributed by atoms with Crippen molar-refractivity contribution in [2.24, 2.45) is 0 Å². The van der Waals surface area contributed by atoms with Crippen molar-refractivity contribution < 1.29 is 22.4 Å². The summed E-state index contributed by atoms with van der Waals surface area (Å²) in [5, 5.41) is 21.9. The van der Waals surface area contributed by atoms with Crippen molar-refractivity contribution in [1.29, 1.82) is 0 Å². The van der Waals surface area contributed by atoms with Gasteiger partial charge in [0.25, 0.3) is 11.4 Å². The van der Waals surface area contributed by atoms with Crippen LogP contribution in [-0.2, 0) is 32.9 Å². The summed E-state index contributed by atoms with van der Waals surface area (Å²) in [6.45, 7) is -0.592. The van der Waals surface area contributed by atoms with Gasteiger partial charge < -0.3 is 0 Å². The highest BCUT2D eigenvalue weighted by Crippen LogP contribution is 2.24. The summed E-state index contributed by atoms with van der Waals surface area (Å²) < 4.78 is 21.7. The molecule has 26 heavy (non-hydrogen) atoms. The van der Waals surface area contributed by atoms with E-state index in [4.69, 9.17) is 31.6 Å². The highest BCUT2D eigenvalue weighted by Gasteiger charge is 2.14. The Kier molecular flexibility index (Phi) is 7.00. The molecule has 0 fully saturated rings. The number of nitrogens with zero attached hydrogens (tertiary/aromatic N) is 2. The molecule has 0 saturated heterocycles. The van der Waals surface area contributed by atoms with E-state index in [1.807, 2.05) is 0 Å². The van der Waals surface area contributed by atoms with Gasteiger partial charge in [0, 0.05) is 45.4 Å². The third-order valence-electron chi connectivity index (χ3n) is 3.10. The standard InChI is InChI=1S/C14H10Cl2N2O7S/c15-13-3-1-11(17(19)20)5-9(13)7-24-26(23)25-8-10-6-12(18(21)22)2-4-14(10)16/h1-6H,7-8H2. The first-order chi connectivity index (χ1) is 12.3. The molecule has 0 aromatic heterocycles. The van der Waals surface area contributed by atoms with Crippen LogP contribution in [-0.4, -0.2) is 14.1 Å². The second-order valence-corrected chi connectivity index (χ2v) is 6.49. The van der Waals surface area contributed by atoms with Gasteiger partial charge in [0.1, 0.15) is 0 Å². The van der Waals surface area contributed by atoms with Crippen molar-refractivity contribution in [1.82, 2.24) is 0 Å². The smallest absolute Gasteiger partial charge is 0.264 e. The number of halogens is 2. The first-order valence-electron chi connectivity index (χ1n) is 6.82. The average Bonchev–Trinajstić information content (AvgIpc) is 2.59. The molecule has 0 aliphatic carbocycles. The largest absolute Gasteiger partial charge is 0.305 e. The van der Waals surface area contributed by atoms with Gasteiger partial charge in [0.15, 0.2) is 0 Å². The predicted octanol–water partition coefficient (Wildman–Crippen LogP) is 4.12. The van der Waals surface area contributed by atoms with Crippen LogP contribution in [0.15, 0.2) is 36.4 Å². The van der Waals surface area contributed by atoms with E-state index < -0.39 is 21.2 Å². The quantitative estimate of drug-likeness (QED) is 0.464. The van der Waals surface area contributed by atoms with E-state index in [0.717, 1.165) is 0 Å². The Hall–Kier alpha value is -2.11. The molecule has 0 N–H and O–H groups in total. The van der Waals surface area contributed by atoms with E-state index in [9.17, 15) is 24.4 Å². The third kappa shape index (κ3) is 5.44. The molecule has 0 bridgehead atoms. The molecule has 2 aromatic rings. The molecule has 0 saturated carbocycles. The molecule has 0 amide bonds. The van der Waals surface area contributed by atoms with Crippen LogP contribution in [0.2, 0.25) is 10.0 Å². The number of nitro benzene ring substituents is 2. The Morgan fingerprint density at radius 3 is 1.58 bits per heavy atom. The van der Waals surface area contributed by atoms with Crippen LogP contribution < -0.4 is 0 Å². The molecule has 0 aliphatic heterocycles. The Morgan fingerprint density at radius 2 is 1.23 bits per heavy atom. The van der Waals surface area contributed by atoms with Crippen LogP contribution in [0, 0.1) is 20.2 Å². The van der Waals surface area contributed by atoms with Gasteiger partial charge in [-0.15, -0.1) is 0 Å². The Bertz CT molecular complexity index is 809. The number of rotatable bonds is 8. The van der Waals surface area contributed by atoms with Crippen molar-refractivity contribution >= 4 is 45.9 Å². The number of non-ortho nitro benzene ring substituents is 2. The zero-order valence-corrected chi connectivity index (χ0v) is 15.1. The molecule has 2 aromatic carbocycles.